The van der Waals surface area contributed by atoms with E-state index in [1.807, 2.05) is 0 Å². The number of benzene rings is 2. The Hall–Kier alpha value is -1.82. The third-order valence-corrected chi connectivity index (χ3v) is 6.11. The van der Waals surface area contributed by atoms with Gasteiger partial charge in [0.1, 0.15) is 0 Å². The Bertz CT molecular complexity index is 654. The maximum atomic E-state index is 3.86. The van der Waals surface area contributed by atoms with Crippen LogP contribution in [-0.4, -0.2) is 0 Å². The van der Waals surface area contributed by atoms with E-state index in [-0.39, 0.29) is 0 Å². The summed E-state index contributed by atoms with van der Waals surface area (Å²) in [5.74, 6) is 1.69. The molecule has 0 amide bonds. The Morgan fingerprint density at radius 3 is 2.08 bits per heavy atom. The van der Waals surface area contributed by atoms with Crippen LogP contribution in [0.25, 0.3) is 11.1 Å². The van der Waals surface area contributed by atoms with Crippen molar-refractivity contribution in [2.45, 2.75) is 70.6 Å². The third-order valence-electron chi connectivity index (χ3n) is 6.11. The van der Waals surface area contributed by atoms with Crippen LogP contribution >= 0.6 is 0 Å². The largest absolute Gasteiger partial charge is 0.103 e. The molecule has 0 aromatic heterocycles. The van der Waals surface area contributed by atoms with Gasteiger partial charge in [0.2, 0.25) is 0 Å². The molecule has 0 saturated heterocycles. The highest BCUT2D eigenvalue weighted by atomic mass is 14.3. The van der Waals surface area contributed by atoms with Crippen molar-refractivity contribution in [3.8, 4) is 11.1 Å². The average molecular weight is 347 g/mol. The first-order valence-electron chi connectivity index (χ1n) is 10.6. The van der Waals surface area contributed by atoms with E-state index in [0.717, 1.165) is 11.8 Å². The van der Waals surface area contributed by atoms with Crippen molar-refractivity contribution in [1.82, 2.24) is 0 Å². The summed E-state index contributed by atoms with van der Waals surface area (Å²) < 4.78 is 0. The van der Waals surface area contributed by atoms with Gasteiger partial charge in [-0.15, -0.1) is 6.58 Å². The number of aryl methyl sites for hydroxylation is 1. The molecule has 0 aliphatic heterocycles. The minimum atomic E-state index is 0.764. The highest BCUT2D eigenvalue weighted by molar-refractivity contribution is 5.64. The summed E-state index contributed by atoms with van der Waals surface area (Å²) in [5.41, 5.74) is 5.68. The van der Waals surface area contributed by atoms with Gasteiger partial charge in [0.05, 0.1) is 0 Å². The van der Waals surface area contributed by atoms with Crippen molar-refractivity contribution in [2.75, 3.05) is 0 Å². The summed E-state index contributed by atoms with van der Waals surface area (Å²) in [6, 6.07) is 18.5. The molecule has 0 heterocycles. The lowest BCUT2D eigenvalue weighted by atomic mass is 9.77. The molecule has 0 spiro atoms. The van der Waals surface area contributed by atoms with Gasteiger partial charge in [0.15, 0.2) is 0 Å². The summed E-state index contributed by atoms with van der Waals surface area (Å²) in [6.07, 6.45) is 13.8. The van der Waals surface area contributed by atoms with Crippen molar-refractivity contribution in [1.29, 1.82) is 0 Å². The number of hydrogen-bond donors (Lipinski definition) is 0. The van der Waals surface area contributed by atoms with Gasteiger partial charge in [0.25, 0.3) is 0 Å². The third kappa shape index (κ3) is 5.10. The molecule has 1 saturated carbocycles. The van der Waals surface area contributed by atoms with Crippen LogP contribution < -0.4 is 0 Å². The van der Waals surface area contributed by atoms with E-state index in [2.05, 4.69) is 68.1 Å². The van der Waals surface area contributed by atoms with Crippen LogP contribution in [0.5, 0.6) is 0 Å². The minimum Gasteiger partial charge on any atom is -0.103 e. The van der Waals surface area contributed by atoms with E-state index in [1.165, 1.54) is 80.0 Å². The maximum absolute atomic E-state index is 3.86. The molecule has 1 fully saturated rings. The summed E-state index contributed by atoms with van der Waals surface area (Å²) >= 11 is 0. The fourth-order valence-electron chi connectivity index (χ4n) is 4.33. The maximum Gasteiger partial charge on any atom is -0.0162 e. The fourth-order valence-corrected chi connectivity index (χ4v) is 4.33. The molecule has 0 bridgehead atoms. The van der Waals surface area contributed by atoms with Crippen molar-refractivity contribution in [3.05, 3.63) is 72.3 Å². The predicted molar refractivity (Wildman–Crippen MR) is 115 cm³/mol. The van der Waals surface area contributed by atoms with Gasteiger partial charge in [0, 0.05) is 0 Å². The summed E-state index contributed by atoms with van der Waals surface area (Å²) in [4.78, 5) is 0. The van der Waals surface area contributed by atoms with Crippen LogP contribution in [0.1, 0.15) is 75.3 Å². The Morgan fingerprint density at radius 1 is 0.885 bits per heavy atom. The Labute approximate surface area is 160 Å². The lowest BCUT2D eigenvalue weighted by molar-refractivity contribution is 0.312. The molecule has 0 unspecified atom stereocenters. The number of rotatable bonds is 8. The van der Waals surface area contributed by atoms with E-state index < -0.39 is 0 Å². The highest BCUT2D eigenvalue weighted by Crippen LogP contribution is 2.38. The lowest BCUT2D eigenvalue weighted by Crippen LogP contribution is -2.13. The van der Waals surface area contributed by atoms with E-state index >= 15 is 0 Å². The standard InChI is InChI=1S/C26H34/c1-3-5-7-21-9-13-23(14-10-21)25-17-19-26(20-18-25)24-15-11-22(12-16-24)8-6-4-2/h3,11-12,15-21,23H,1,4-10,13-14H2,2H3. The second-order valence-corrected chi connectivity index (χ2v) is 8.01. The SMILES string of the molecule is C=CCCC1CCC(c2ccc(-c3ccc(CCCC)cc3)cc2)CC1. The molecular weight excluding hydrogens is 312 g/mol. The molecular formula is C26H34. The van der Waals surface area contributed by atoms with Gasteiger partial charge < -0.3 is 0 Å². The molecule has 0 nitrogen and oxygen atoms in total. The zero-order valence-electron chi connectivity index (χ0n) is 16.4. The molecule has 2 aromatic carbocycles. The molecule has 0 radical (unpaired) electrons. The van der Waals surface area contributed by atoms with Crippen LogP contribution in [0, 0.1) is 5.92 Å². The molecule has 3 rings (SSSR count). The molecule has 2 aromatic rings. The van der Waals surface area contributed by atoms with E-state index in [1.54, 1.807) is 0 Å². The second-order valence-electron chi connectivity index (χ2n) is 8.01. The topological polar surface area (TPSA) is 0 Å². The van der Waals surface area contributed by atoms with Crippen LogP contribution in [0.15, 0.2) is 61.2 Å². The summed E-state index contributed by atoms with van der Waals surface area (Å²) in [5, 5.41) is 0. The smallest absolute Gasteiger partial charge is 0.0162 e. The van der Waals surface area contributed by atoms with Crippen LogP contribution in [0.2, 0.25) is 0 Å². The Morgan fingerprint density at radius 2 is 1.50 bits per heavy atom. The normalized spacial score (nSPS) is 20.0. The first-order valence-corrected chi connectivity index (χ1v) is 10.6. The van der Waals surface area contributed by atoms with Crippen LogP contribution in [0.3, 0.4) is 0 Å². The van der Waals surface area contributed by atoms with E-state index in [4.69, 9.17) is 0 Å². The number of unbranched alkanes of at least 4 members (excludes halogenated alkanes) is 1. The molecule has 1 aliphatic carbocycles. The first kappa shape index (κ1) is 19.0. The van der Waals surface area contributed by atoms with E-state index in [0.29, 0.717) is 0 Å². The van der Waals surface area contributed by atoms with Gasteiger partial charge in [-0.2, -0.15) is 0 Å². The monoisotopic (exact) mass is 346 g/mol. The zero-order chi connectivity index (χ0) is 18.2. The Balaban J connectivity index is 1.57. The molecule has 0 heteroatoms. The highest BCUT2D eigenvalue weighted by Gasteiger charge is 2.21. The van der Waals surface area contributed by atoms with Crippen LogP contribution in [-0.2, 0) is 6.42 Å². The van der Waals surface area contributed by atoms with Crippen LogP contribution in [0.4, 0.5) is 0 Å². The quantitative estimate of drug-likeness (QED) is 0.426. The van der Waals surface area contributed by atoms with Crippen molar-refractivity contribution in [3.63, 3.8) is 0 Å². The van der Waals surface area contributed by atoms with Gasteiger partial charge in [-0.3, -0.25) is 0 Å². The van der Waals surface area contributed by atoms with Crippen molar-refractivity contribution >= 4 is 0 Å². The van der Waals surface area contributed by atoms with Gasteiger partial charge in [-0.1, -0.05) is 68.0 Å². The fraction of sp³-hybridized carbons (Fsp3) is 0.462. The minimum absolute atomic E-state index is 0.764. The van der Waals surface area contributed by atoms with Gasteiger partial charge in [-0.05, 0) is 85.5 Å². The summed E-state index contributed by atoms with van der Waals surface area (Å²) in [6.45, 7) is 6.11. The first-order chi connectivity index (χ1) is 12.8. The van der Waals surface area contributed by atoms with E-state index in [9.17, 15) is 0 Å². The zero-order valence-corrected chi connectivity index (χ0v) is 16.4. The predicted octanol–water partition coefficient (Wildman–Crippen LogP) is 7.94. The Kier molecular flexibility index (Phi) is 7.12. The molecule has 1 aliphatic rings. The van der Waals surface area contributed by atoms with Crippen molar-refractivity contribution in [2.24, 2.45) is 5.92 Å². The average Bonchev–Trinajstić information content (AvgIpc) is 2.72. The second kappa shape index (κ2) is 9.76. The molecule has 0 N–H and O–H groups in total. The molecule has 138 valence electrons. The summed E-state index contributed by atoms with van der Waals surface area (Å²) in [7, 11) is 0. The van der Waals surface area contributed by atoms with Gasteiger partial charge in [-0.25, -0.2) is 0 Å². The van der Waals surface area contributed by atoms with Crippen molar-refractivity contribution < 1.29 is 0 Å². The molecule has 26 heavy (non-hydrogen) atoms. The number of allylic oxidation sites excluding steroid dienone is 1. The number of hydrogen-bond acceptors (Lipinski definition) is 0. The lowest BCUT2D eigenvalue weighted by Gasteiger charge is -2.28. The molecule has 0 atom stereocenters. The van der Waals surface area contributed by atoms with Gasteiger partial charge >= 0.3 is 0 Å².